The van der Waals surface area contributed by atoms with Gasteiger partial charge in [-0.3, -0.25) is 4.79 Å². The first-order valence-electron chi connectivity index (χ1n) is 7.26. The third kappa shape index (κ3) is 5.51. The lowest BCUT2D eigenvalue weighted by Gasteiger charge is -2.08. The van der Waals surface area contributed by atoms with Crippen LogP contribution in [0.3, 0.4) is 0 Å². The van der Waals surface area contributed by atoms with E-state index in [4.69, 9.17) is 0 Å². The SMILES string of the molecule is CNCCC(=O)NCc1cccc(-c2cccc(C)c2)c1.Cl. The molecular weight excluding hydrogens is 296 g/mol. The van der Waals surface area contributed by atoms with Crippen molar-refractivity contribution in [3.05, 3.63) is 59.7 Å². The first-order chi connectivity index (χ1) is 10.2. The van der Waals surface area contributed by atoms with Gasteiger partial charge in [0, 0.05) is 19.5 Å². The summed E-state index contributed by atoms with van der Waals surface area (Å²) in [6.45, 7) is 3.37. The van der Waals surface area contributed by atoms with Gasteiger partial charge in [-0.05, 0) is 36.7 Å². The summed E-state index contributed by atoms with van der Waals surface area (Å²) in [5.41, 5.74) is 4.75. The van der Waals surface area contributed by atoms with Crippen molar-refractivity contribution in [3.8, 4) is 11.1 Å². The first kappa shape index (κ1) is 18.2. The van der Waals surface area contributed by atoms with Gasteiger partial charge in [0.05, 0.1) is 0 Å². The topological polar surface area (TPSA) is 41.1 Å². The number of nitrogens with one attached hydrogen (secondary N) is 2. The van der Waals surface area contributed by atoms with Crippen LogP contribution >= 0.6 is 12.4 Å². The van der Waals surface area contributed by atoms with Crippen molar-refractivity contribution in [1.29, 1.82) is 0 Å². The molecule has 1 amide bonds. The first-order valence-corrected chi connectivity index (χ1v) is 7.26. The summed E-state index contributed by atoms with van der Waals surface area (Å²) in [7, 11) is 1.85. The molecule has 2 aromatic rings. The maximum atomic E-state index is 11.6. The Morgan fingerprint density at radius 3 is 2.41 bits per heavy atom. The molecule has 0 spiro atoms. The minimum atomic E-state index is 0. The zero-order valence-corrected chi connectivity index (χ0v) is 13.9. The Bertz CT molecular complexity index is 614. The molecule has 0 saturated carbocycles. The molecule has 0 aliphatic carbocycles. The Labute approximate surface area is 138 Å². The van der Waals surface area contributed by atoms with E-state index in [0.29, 0.717) is 19.5 Å². The van der Waals surface area contributed by atoms with Crippen LogP contribution in [0.15, 0.2) is 48.5 Å². The highest BCUT2D eigenvalue weighted by molar-refractivity contribution is 5.85. The van der Waals surface area contributed by atoms with E-state index in [1.54, 1.807) is 0 Å². The fraction of sp³-hybridized carbons (Fsp3) is 0.278. The van der Waals surface area contributed by atoms with E-state index >= 15 is 0 Å². The molecule has 3 nitrogen and oxygen atoms in total. The number of hydrogen-bond acceptors (Lipinski definition) is 2. The van der Waals surface area contributed by atoms with Crippen molar-refractivity contribution >= 4 is 18.3 Å². The van der Waals surface area contributed by atoms with Crippen molar-refractivity contribution in [2.45, 2.75) is 19.9 Å². The van der Waals surface area contributed by atoms with Crippen LogP contribution in [0.1, 0.15) is 17.5 Å². The highest BCUT2D eigenvalue weighted by Crippen LogP contribution is 2.21. The van der Waals surface area contributed by atoms with Crippen molar-refractivity contribution in [1.82, 2.24) is 10.6 Å². The second-order valence-corrected chi connectivity index (χ2v) is 5.20. The molecule has 0 unspecified atom stereocenters. The van der Waals surface area contributed by atoms with E-state index in [0.717, 1.165) is 5.56 Å². The molecule has 2 N–H and O–H groups in total. The molecule has 0 aromatic heterocycles. The molecule has 118 valence electrons. The van der Waals surface area contributed by atoms with Gasteiger partial charge in [-0.1, -0.05) is 48.0 Å². The molecule has 22 heavy (non-hydrogen) atoms. The van der Waals surface area contributed by atoms with Crippen LogP contribution in [0.5, 0.6) is 0 Å². The monoisotopic (exact) mass is 318 g/mol. The average molecular weight is 319 g/mol. The number of carbonyl (C=O) groups is 1. The minimum absolute atomic E-state index is 0. The van der Waals surface area contributed by atoms with Gasteiger partial charge in [-0.15, -0.1) is 12.4 Å². The lowest BCUT2D eigenvalue weighted by molar-refractivity contribution is -0.121. The predicted octanol–water partition coefficient (Wildman–Crippen LogP) is 3.31. The summed E-state index contributed by atoms with van der Waals surface area (Å²) in [6.07, 6.45) is 0.508. The molecule has 4 heteroatoms. The van der Waals surface area contributed by atoms with E-state index in [9.17, 15) is 4.79 Å². The molecule has 2 rings (SSSR count). The van der Waals surface area contributed by atoms with Crippen LogP contribution in [-0.2, 0) is 11.3 Å². The molecule has 0 radical (unpaired) electrons. The Kier molecular flexibility index (Phi) is 7.64. The molecule has 0 aliphatic heterocycles. The van der Waals surface area contributed by atoms with Crippen LogP contribution in [-0.4, -0.2) is 19.5 Å². The third-order valence-corrected chi connectivity index (χ3v) is 3.37. The van der Waals surface area contributed by atoms with Gasteiger partial charge in [0.15, 0.2) is 0 Å². The predicted molar refractivity (Wildman–Crippen MR) is 94.3 cm³/mol. The van der Waals surface area contributed by atoms with E-state index < -0.39 is 0 Å². The summed E-state index contributed by atoms with van der Waals surface area (Å²) in [6, 6.07) is 16.7. The zero-order chi connectivity index (χ0) is 15.1. The fourth-order valence-electron chi connectivity index (χ4n) is 2.21. The summed E-state index contributed by atoms with van der Waals surface area (Å²) in [5.74, 6) is 0.0744. The van der Waals surface area contributed by atoms with Gasteiger partial charge in [-0.2, -0.15) is 0 Å². The second-order valence-electron chi connectivity index (χ2n) is 5.20. The van der Waals surface area contributed by atoms with Crippen molar-refractivity contribution < 1.29 is 4.79 Å². The number of aryl methyl sites for hydroxylation is 1. The van der Waals surface area contributed by atoms with Gasteiger partial charge in [0.2, 0.25) is 5.91 Å². The highest BCUT2D eigenvalue weighted by atomic mass is 35.5. The fourth-order valence-corrected chi connectivity index (χ4v) is 2.21. The maximum Gasteiger partial charge on any atom is 0.221 e. The van der Waals surface area contributed by atoms with Crippen LogP contribution in [0, 0.1) is 6.92 Å². The largest absolute Gasteiger partial charge is 0.352 e. The molecule has 0 bridgehead atoms. The van der Waals surface area contributed by atoms with E-state index in [-0.39, 0.29) is 18.3 Å². The van der Waals surface area contributed by atoms with Crippen LogP contribution in [0.2, 0.25) is 0 Å². The number of benzene rings is 2. The highest BCUT2D eigenvalue weighted by Gasteiger charge is 2.02. The maximum absolute atomic E-state index is 11.6. The van der Waals surface area contributed by atoms with Gasteiger partial charge in [0.1, 0.15) is 0 Å². The molecule has 2 aromatic carbocycles. The molecule has 0 aliphatic rings. The third-order valence-electron chi connectivity index (χ3n) is 3.37. The standard InChI is InChI=1S/C18H22N2O.ClH/c1-14-5-3-7-16(11-14)17-8-4-6-15(12-17)13-20-18(21)9-10-19-2;/h3-8,11-12,19H,9-10,13H2,1-2H3,(H,20,21);1H. The number of amides is 1. The Morgan fingerprint density at radius 2 is 1.73 bits per heavy atom. The van der Waals surface area contributed by atoms with Crippen LogP contribution in [0.4, 0.5) is 0 Å². The van der Waals surface area contributed by atoms with E-state index in [1.165, 1.54) is 16.7 Å². The summed E-state index contributed by atoms with van der Waals surface area (Å²) >= 11 is 0. The Balaban J connectivity index is 0.00000242. The summed E-state index contributed by atoms with van der Waals surface area (Å²) in [4.78, 5) is 11.6. The average Bonchev–Trinajstić information content (AvgIpc) is 2.51. The van der Waals surface area contributed by atoms with Gasteiger partial charge in [-0.25, -0.2) is 0 Å². The zero-order valence-electron chi connectivity index (χ0n) is 13.1. The lowest BCUT2D eigenvalue weighted by atomic mass is 10.0. The van der Waals surface area contributed by atoms with Crippen molar-refractivity contribution in [3.63, 3.8) is 0 Å². The smallest absolute Gasteiger partial charge is 0.221 e. The molecule has 0 fully saturated rings. The second kappa shape index (κ2) is 9.23. The Hall–Kier alpha value is -1.84. The molecule has 0 atom stereocenters. The molecule has 0 saturated heterocycles. The molecule has 0 heterocycles. The number of carbonyl (C=O) groups excluding carboxylic acids is 1. The quantitative estimate of drug-likeness (QED) is 0.858. The lowest BCUT2D eigenvalue weighted by Crippen LogP contribution is -2.26. The van der Waals surface area contributed by atoms with E-state index in [1.807, 2.05) is 19.2 Å². The summed E-state index contributed by atoms with van der Waals surface area (Å²) in [5, 5.41) is 5.92. The number of hydrogen-bond donors (Lipinski definition) is 2. The van der Waals surface area contributed by atoms with Gasteiger partial charge >= 0.3 is 0 Å². The van der Waals surface area contributed by atoms with Gasteiger partial charge < -0.3 is 10.6 Å². The summed E-state index contributed by atoms with van der Waals surface area (Å²) < 4.78 is 0. The number of rotatable bonds is 6. The van der Waals surface area contributed by atoms with Crippen molar-refractivity contribution in [2.24, 2.45) is 0 Å². The minimum Gasteiger partial charge on any atom is -0.352 e. The van der Waals surface area contributed by atoms with Gasteiger partial charge in [0.25, 0.3) is 0 Å². The van der Waals surface area contributed by atoms with Crippen LogP contribution in [0.25, 0.3) is 11.1 Å². The van der Waals surface area contributed by atoms with Crippen molar-refractivity contribution in [2.75, 3.05) is 13.6 Å². The Morgan fingerprint density at radius 1 is 1.05 bits per heavy atom. The number of halogens is 1. The molecular formula is C18H23ClN2O. The normalized spacial score (nSPS) is 9.91. The van der Waals surface area contributed by atoms with E-state index in [2.05, 4.69) is 54.0 Å². The van der Waals surface area contributed by atoms with Crippen LogP contribution < -0.4 is 10.6 Å².